The Morgan fingerprint density at radius 1 is 0.727 bits per heavy atom. The molecule has 0 aliphatic carbocycles. The van der Waals surface area contributed by atoms with E-state index in [2.05, 4.69) is 21.9 Å². The molecule has 0 saturated carbocycles. The SMILES string of the molecule is CCCCCCCCCCCCCCCCOCCOP(=O)(COCCn1cnc2c(N)ncnc21)OCc1ccccc1. The number of hydrogen-bond donors (Lipinski definition) is 1. The molecular formula is C33H54N5O5P. The highest BCUT2D eigenvalue weighted by Crippen LogP contribution is 2.48. The van der Waals surface area contributed by atoms with Crippen LogP contribution in [0.4, 0.5) is 5.82 Å². The Morgan fingerprint density at radius 2 is 1.39 bits per heavy atom. The minimum Gasteiger partial charge on any atom is -0.382 e. The molecule has 0 aliphatic rings. The maximum Gasteiger partial charge on any atom is 0.356 e. The maximum atomic E-state index is 13.5. The number of unbranched alkanes of at least 4 members (excludes halogenated alkanes) is 13. The summed E-state index contributed by atoms with van der Waals surface area (Å²) >= 11 is 0. The van der Waals surface area contributed by atoms with Crippen LogP contribution < -0.4 is 5.73 Å². The third kappa shape index (κ3) is 14.6. The first-order valence-electron chi connectivity index (χ1n) is 16.6. The van der Waals surface area contributed by atoms with Crippen molar-refractivity contribution in [1.29, 1.82) is 0 Å². The molecule has 2 aromatic heterocycles. The molecular weight excluding hydrogens is 577 g/mol. The summed E-state index contributed by atoms with van der Waals surface area (Å²) in [4.78, 5) is 12.5. The fourth-order valence-electron chi connectivity index (χ4n) is 5.00. The van der Waals surface area contributed by atoms with Gasteiger partial charge in [0.1, 0.15) is 18.2 Å². The van der Waals surface area contributed by atoms with E-state index in [4.69, 9.17) is 24.3 Å². The number of rotatable bonds is 27. The Hall–Kier alpha value is -2.36. The van der Waals surface area contributed by atoms with Gasteiger partial charge in [0.25, 0.3) is 0 Å². The Kier molecular flexibility index (Phi) is 18.2. The molecule has 0 spiro atoms. The molecule has 10 nitrogen and oxygen atoms in total. The predicted molar refractivity (Wildman–Crippen MR) is 176 cm³/mol. The molecule has 2 N–H and O–H groups in total. The highest BCUT2D eigenvalue weighted by molar-refractivity contribution is 7.53. The van der Waals surface area contributed by atoms with Crippen molar-refractivity contribution in [2.75, 3.05) is 38.5 Å². The number of ether oxygens (including phenoxy) is 2. The van der Waals surface area contributed by atoms with Crippen LogP contribution in [0.2, 0.25) is 0 Å². The summed E-state index contributed by atoms with van der Waals surface area (Å²) in [6.45, 7) is 4.38. The standard InChI is InChI=1S/C33H54N5O5P/c1-2-3-4-5-6-7-8-9-10-11-12-13-14-18-22-40-24-25-42-44(39,43-26-30-19-16-15-17-20-30)29-41-23-21-38-28-37-31-32(34)35-27-36-33(31)38/h15-17,19-20,27-28H,2-14,18,21-26,29H2,1H3,(H2,34,35,36). The summed E-state index contributed by atoms with van der Waals surface area (Å²) in [5, 5.41) is 0. The van der Waals surface area contributed by atoms with Gasteiger partial charge in [0.15, 0.2) is 11.5 Å². The molecule has 0 aliphatic heterocycles. The van der Waals surface area contributed by atoms with Gasteiger partial charge in [-0.15, -0.1) is 0 Å². The van der Waals surface area contributed by atoms with Crippen molar-refractivity contribution >= 4 is 24.6 Å². The minimum atomic E-state index is -3.51. The lowest BCUT2D eigenvalue weighted by Gasteiger charge is -2.19. The molecule has 2 heterocycles. The lowest BCUT2D eigenvalue weighted by Crippen LogP contribution is -2.11. The summed E-state index contributed by atoms with van der Waals surface area (Å²) < 4.78 is 38.3. The van der Waals surface area contributed by atoms with E-state index in [1.807, 2.05) is 34.9 Å². The molecule has 1 unspecified atom stereocenters. The van der Waals surface area contributed by atoms with E-state index in [-0.39, 0.29) is 26.2 Å². The number of imidazole rings is 1. The molecule has 246 valence electrons. The number of fused-ring (bicyclic) bond motifs is 1. The van der Waals surface area contributed by atoms with Gasteiger partial charge < -0.3 is 28.8 Å². The van der Waals surface area contributed by atoms with E-state index < -0.39 is 7.60 Å². The number of hydrogen-bond acceptors (Lipinski definition) is 9. The van der Waals surface area contributed by atoms with Crippen LogP contribution in [0.25, 0.3) is 11.2 Å². The zero-order chi connectivity index (χ0) is 31.1. The quantitative estimate of drug-likeness (QED) is 0.0653. The van der Waals surface area contributed by atoms with Gasteiger partial charge in [-0.05, 0) is 12.0 Å². The summed E-state index contributed by atoms with van der Waals surface area (Å²) in [6.07, 6.45) is 21.5. The van der Waals surface area contributed by atoms with Gasteiger partial charge in [0.05, 0.1) is 32.8 Å². The lowest BCUT2D eigenvalue weighted by molar-refractivity contribution is 0.0756. The topological polar surface area (TPSA) is 124 Å². The van der Waals surface area contributed by atoms with Crippen molar-refractivity contribution in [3.63, 3.8) is 0 Å². The van der Waals surface area contributed by atoms with Gasteiger partial charge in [0, 0.05) is 13.2 Å². The van der Waals surface area contributed by atoms with Crippen LogP contribution in [0.1, 0.15) is 102 Å². The Labute approximate surface area is 264 Å². The number of benzene rings is 1. The van der Waals surface area contributed by atoms with Gasteiger partial charge in [-0.1, -0.05) is 121 Å². The molecule has 3 aromatic rings. The predicted octanol–water partition coefficient (Wildman–Crippen LogP) is 8.31. The summed E-state index contributed by atoms with van der Waals surface area (Å²) in [5.74, 6) is 0.327. The van der Waals surface area contributed by atoms with E-state index in [1.54, 1.807) is 6.33 Å². The zero-order valence-electron chi connectivity index (χ0n) is 26.7. The van der Waals surface area contributed by atoms with Gasteiger partial charge in [-0.2, -0.15) is 0 Å². The van der Waals surface area contributed by atoms with Crippen LogP contribution in [0.3, 0.4) is 0 Å². The van der Waals surface area contributed by atoms with Crippen LogP contribution >= 0.6 is 7.60 Å². The molecule has 3 rings (SSSR count). The first-order chi connectivity index (χ1) is 21.6. The normalized spacial score (nSPS) is 13.0. The fraction of sp³-hybridized carbons (Fsp3) is 0.667. The van der Waals surface area contributed by atoms with E-state index in [9.17, 15) is 4.57 Å². The second kappa shape index (κ2) is 22.2. The summed E-state index contributed by atoms with van der Waals surface area (Å²) in [5.41, 5.74) is 7.94. The molecule has 1 aromatic carbocycles. The van der Waals surface area contributed by atoms with Crippen molar-refractivity contribution in [1.82, 2.24) is 19.5 Å². The number of nitrogens with zero attached hydrogens (tertiary/aromatic N) is 4. The Morgan fingerprint density at radius 3 is 2.07 bits per heavy atom. The van der Waals surface area contributed by atoms with E-state index in [0.717, 1.165) is 12.0 Å². The monoisotopic (exact) mass is 631 g/mol. The lowest BCUT2D eigenvalue weighted by atomic mass is 10.0. The summed E-state index contributed by atoms with van der Waals surface area (Å²) in [7, 11) is -3.51. The van der Waals surface area contributed by atoms with Crippen LogP contribution in [0.5, 0.6) is 0 Å². The van der Waals surface area contributed by atoms with Crippen molar-refractivity contribution in [2.45, 2.75) is 110 Å². The van der Waals surface area contributed by atoms with E-state index in [0.29, 0.717) is 36.7 Å². The van der Waals surface area contributed by atoms with Gasteiger partial charge in [0.2, 0.25) is 0 Å². The van der Waals surface area contributed by atoms with Crippen molar-refractivity contribution in [3.8, 4) is 0 Å². The second-order valence-electron chi connectivity index (χ2n) is 11.3. The molecule has 0 radical (unpaired) electrons. The summed E-state index contributed by atoms with van der Waals surface area (Å²) in [6, 6.07) is 9.59. The van der Waals surface area contributed by atoms with Crippen molar-refractivity contribution in [2.24, 2.45) is 0 Å². The van der Waals surface area contributed by atoms with Crippen molar-refractivity contribution < 1.29 is 23.1 Å². The average Bonchev–Trinajstić information content (AvgIpc) is 3.46. The molecule has 0 amide bonds. The molecule has 0 saturated heterocycles. The zero-order valence-corrected chi connectivity index (χ0v) is 27.6. The first kappa shape index (κ1) is 36.1. The number of nitrogen functional groups attached to an aromatic ring is 1. The molecule has 0 fully saturated rings. The van der Waals surface area contributed by atoms with Crippen LogP contribution in [-0.4, -0.2) is 52.3 Å². The number of nitrogens with two attached hydrogens (primary N) is 1. The first-order valence-corrected chi connectivity index (χ1v) is 18.3. The van der Waals surface area contributed by atoms with E-state index >= 15 is 0 Å². The largest absolute Gasteiger partial charge is 0.382 e. The second-order valence-corrected chi connectivity index (χ2v) is 13.3. The smallest absolute Gasteiger partial charge is 0.356 e. The van der Waals surface area contributed by atoms with Gasteiger partial charge in [-0.25, -0.2) is 15.0 Å². The third-order valence-electron chi connectivity index (χ3n) is 7.58. The fourth-order valence-corrected chi connectivity index (χ4v) is 6.27. The molecule has 11 heteroatoms. The van der Waals surface area contributed by atoms with E-state index in [1.165, 1.54) is 89.8 Å². The number of aromatic nitrogens is 4. The molecule has 0 bridgehead atoms. The Bertz CT molecular complexity index is 1200. The average molecular weight is 632 g/mol. The third-order valence-corrected chi connectivity index (χ3v) is 9.18. The van der Waals surface area contributed by atoms with Gasteiger partial charge in [-0.3, -0.25) is 4.57 Å². The number of anilines is 1. The molecule has 44 heavy (non-hydrogen) atoms. The minimum absolute atomic E-state index is 0.164. The van der Waals surface area contributed by atoms with Crippen LogP contribution in [0, 0.1) is 0 Å². The molecule has 1 atom stereocenters. The highest BCUT2D eigenvalue weighted by Gasteiger charge is 2.25. The highest BCUT2D eigenvalue weighted by atomic mass is 31.2. The maximum absolute atomic E-state index is 13.5. The van der Waals surface area contributed by atoms with Crippen LogP contribution in [0.15, 0.2) is 43.0 Å². The van der Waals surface area contributed by atoms with Crippen LogP contribution in [-0.2, 0) is 36.2 Å². The van der Waals surface area contributed by atoms with Gasteiger partial charge >= 0.3 is 7.60 Å². The van der Waals surface area contributed by atoms with Crippen molar-refractivity contribution in [3.05, 3.63) is 48.5 Å². The Balaban J connectivity index is 1.25.